The standard InChI is InChI=1S/C19H15F2N5O3/c1-9-11(19(29)26-13-2-3-23-14(6-22)17(9)13)5-16(28)25-15(8-27)18-12(21)4-10(20)7-24-18/h2-4,7,15,27H,5,8H2,1H3,(H,25,28)(H,26,29)/t15-/m0/s1. The van der Waals surface area contributed by atoms with Crippen molar-refractivity contribution in [3.8, 4) is 6.07 Å². The summed E-state index contributed by atoms with van der Waals surface area (Å²) >= 11 is 0. The van der Waals surface area contributed by atoms with Gasteiger partial charge in [0.1, 0.15) is 29.1 Å². The van der Waals surface area contributed by atoms with Gasteiger partial charge >= 0.3 is 0 Å². The molecule has 1 amide bonds. The number of carbonyl (C=O) groups excluding carboxylic acids is 1. The molecule has 3 heterocycles. The molecule has 3 aromatic rings. The van der Waals surface area contributed by atoms with E-state index in [0.717, 1.165) is 6.20 Å². The molecule has 0 aliphatic heterocycles. The highest BCUT2D eigenvalue weighted by Gasteiger charge is 2.22. The Morgan fingerprint density at radius 2 is 2.17 bits per heavy atom. The summed E-state index contributed by atoms with van der Waals surface area (Å²) in [6.07, 6.45) is 1.76. The SMILES string of the molecule is Cc1c(CC(=O)N[C@@H](CO)c2ncc(F)cc2F)c(=O)[nH]c2ccnc(C#N)c12. The number of aromatic amines is 1. The Hall–Kier alpha value is -3.71. The number of H-pyrrole nitrogens is 1. The number of nitrogens with one attached hydrogen (secondary N) is 2. The van der Waals surface area contributed by atoms with Gasteiger partial charge in [0.2, 0.25) is 5.91 Å². The van der Waals surface area contributed by atoms with E-state index in [1.165, 1.54) is 6.20 Å². The Morgan fingerprint density at radius 3 is 2.83 bits per heavy atom. The lowest BCUT2D eigenvalue weighted by atomic mass is 10.0. The number of aliphatic hydroxyl groups excluding tert-OH is 1. The molecule has 148 valence electrons. The Kier molecular flexibility index (Phi) is 5.61. The predicted molar refractivity (Wildman–Crippen MR) is 97.6 cm³/mol. The van der Waals surface area contributed by atoms with Crippen molar-refractivity contribution < 1.29 is 18.7 Å². The second-order valence-corrected chi connectivity index (χ2v) is 6.25. The first-order valence-electron chi connectivity index (χ1n) is 8.47. The van der Waals surface area contributed by atoms with E-state index >= 15 is 0 Å². The Balaban J connectivity index is 1.91. The fraction of sp³-hybridized carbons (Fsp3) is 0.211. The van der Waals surface area contributed by atoms with E-state index < -0.39 is 42.2 Å². The normalized spacial score (nSPS) is 11.8. The molecule has 8 nitrogen and oxygen atoms in total. The van der Waals surface area contributed by atoms with Crippen LogP contribution in [0.25, 0.3) is 10.9 Å². The van der Waals surface area contributed by atoms with Crippen LogP contribution in [0.1, 0.15) is 28.6 Å². The molecule has 3 rings (SSSR count). The van der Waals surface area contributed by atoms with E-state index in [0.29, 0.717) is 22.5 Å². The van der Waals surface area contributed by atoms with Gasteiger partial charge in [0, 0.05) is 23.2 Å². The van der Waals surface area contributed by atoms with Crippen molar-refractivity contribution in [1.82, 2.24) is 20.3 Å². The number of nitriles is 1. The largest absolute Gasteiger partial charge is 0.394 e. The molecular formula is C19H15F2N5O3. The lowest BCUT2D eigenvalue weighted by Gasteiger charge is -2.17. The number of aliphatic hydroxyl groups is 1. The summed E-state index contributed by atoms with van der Waals surface area (Å²) in [5, 5.41) is 21.5. The summed E-state index contributed by atoms with van der Waals surface area (Å²) in [5.74, 6) is -2.60. The molecule has 0 unspecified atom stereocenters. The maximum absolute atomic E-state index is 13.9. The Labute approximate surface area is 162 Å². The van der Waals surface area contributed by atoms with Crippen molar-refractivity contribution in [2.24, 2.45) is 0 Å². The van der Waals surface area contributed by atoms with Gasteiger partial charge in [0.15, 0.2) is 0 Å². The van der Waals surface area contributed by atoms with Gasteiger partial charge < -0.3 is 15.4 Å². The van der Waals surface area contributed by atoms with Crippen LogP contribution < -0.4 is 10.9 Å². The highest BCUT2D eigenvalue weighted by atomic mass is 19.1. The zero-order valence-corrected chi connectivity index (χ0v) is 15.2. The van der Waals surface area contributed by atoms with Gasteiger partial charge in [-0.1, -0.05) is 0 Å². The van der Waals surface area contributed by atoms with Gasteiger partial charge in [0.25, 0.3) is 5.56 Å². The number of nitrogens with zero attached hydrogens (tertiary/aromatic N) is 3. The molecule has 3 aromatic heterocycles. The predicted octanol–water partition coefficient (Wildman–Crippen LogP) is 1.17. The fourth-order valence-electron chi connectivity index (χ4n) is 3.05. The van der Waals surface area contributed by atoms with Crippen LogP contribution in [0, 0.1) is 29.9 Å². The number of amides is 1. The highest BCUT2D eigenvalue weighted by molar-refractivity contribution is 5.88. The van der Waals surface area contributed by atoms with Gasteiger partial charge in [-0.2, -0.15) is 5.26 Å². The first kappa shape index (κ1) is 20.0. The van der Waals surface area contributed by atoms with Gasteiger partial charge in [-0.15, -0.1) is 0 Å². The van der Waals surface area contributed by atoms with Crippen LogP contribution in [-0.4, -0.2) is 32.6 Å². The van der Waals surface area contributed by atoms with Crippen molar-refractivity contribution >= 4 is 16.8 Å². The third kappa shape index (κ3) is 3.95. The lowest BCUT2D eigenvalue weighted by Crippen LogP contribution is -2.34. The van der Waals surface area contributed by atoms with Gasteiger partial charge in [0.05, 0.1) is 30.8 Å². The quantitative estimate of drug-likeness (QED) is 0.590. The molecule has 0 saturated heterocycles. The molecule has 3 N–H and O–H groups in total. The monoisotopic (exact) mass is 399 g/mol. The highest BCUT2D eigenvalue weighted by Crippen LogP contribution is 2.20. The van der Waals surface area contributed by atoms with E-state index in [2.05, 4.69) is 20.3 Å². The zero-order chi connectivity index (χ0) is 21.1. The zero-order valence-electron chi connectivity index (χ0n) is 15.2. The molecule has 0 aliphatic carbocycles. The Morgan fingerprint density at radius 1 is 1.41 bits per heavy atom. The number of hydrogen-bond donors (Lipinski definition) is 3. The van der Waals surface area contributed by atoms with Crippen LogP contribution in [0.3, 0.4) is 0 Å². The van der Waals surface area contributed by atoms with Crippen LogP contribution in [0.2, 0.25) is 0 Å². The van der Waals surface area contributed by atoms with Gasteiger partial charge in [-0.25, -0.2) is 13.8 Å². The second-order valence-electron chi connectivity index (χ2n) is 6.25. The first-order valence-corrected chi connectivity index (χ1v) is 8.47. The number of hydrogen-bond acceptors (Lipinski definition) is 6. The molecular weight excluding hydrogens is 384 g/mol. The smallest absolute Gasteiger partial charge is 0.252 e. The van der Waals surface area contributed by atoms with Crippen molar-refractivity contribution in [2.75, 3.05) is 6.61 Å². The molecule has 0 radical (unpaired) electrons. The first-order chi connectivity index (χ1) is 13.8. The molecule has 29 heavy (non-hydrogen) atoms. The minimum Gasteiger partial charge on any atom is -0.394 e. The Bertz CT molecular complexity index is 1200. The maximum Gasteiger partial charge on any atom is 0.252 e. The molecule has 0 spiro atoms. The number of aryl methyl sites for hydroxylation is 1. The van der Waals surface area contributed by atoms with E-state index in [1.54, 1.807) is 13.0 Å². The maximum atomic E-state index is 13.9. The van der Waals surface area contributed by atoms with Crippen molar-refractivity contribution in [1.29, 1.82) is 5.26 Å². The van der Waals surface area contributed by atoms with Crippen molar-refractivity contribution in [3.63, 3.8) is 0 Å². The summed E-state index contributed by atoms with van der Waals surface area (Å²) in [5.41, 5.74) is 0.172. The number of rotatable bonds is 5. The summed E-state index contributed by atoms with van der Waals surface area (Å²) in [6.45, 7) is 0.907. The molecule has 0 bridgehead atoms. The summed E-state index contributed by atoms with van der Waals surface area (Å²) < 4.78 is 26.9. The van der Waals surface area contributed by atoms with Crippen molar-refractivity contribution in [2.45, 2.75) is 19.4 Å². The van der Waals surface area contributed by atoms with E-state index in [-0.39, 0.29) is 17.0 Å². The molecule has 0 saturated carbocycles. The lowest BCUT2D eigenvalue weighted by molar-refractivity contribution is -0.121. The third-order valence-electron chi connectivity index (χ3n) is 4.43. The summed E-state index contributed by atoms with van der Waals surface area (Å²) in [7, 11) is 0. The molecule has 0 aromatic carbocycles. The summed E-state index contributed by atoms with van der Waals surface area (Å²) in [4.78, 5) is 35.0. The van der Waals surface area contributed by atoms with E-state index in [9.17, 15) is 28.7 Å². The minimum atomic E-state index is -1.22. The van der Waals surface area contributed by atoms with Crippen LogP contribution in [0.5, 0.6) is 0 Å². The third-order valence-corrected chi connectivity index (χ3v) is 4.43. The summed E-state index contributed by atoms with van der Waals surface area (Å²) in [6, 6.07) is 2.84. The number of carbonyl (C=O) groups is 1. The molecule has 10 heteroatoms. The van der Waals surface area contributed by atoms with E-state index in [4.69, 9.17) is 0 Å². The van der Waals surface area contributed by atoms with Gasteiger partial charge in [-0.3, -0.25) is 14.6 Å². The molecule has 0 fully saturated rings. The minimum absolute atomic E-state index is 0.101. The van der Waals surface area contributed by atoms with Crippen LogP contribution in [0.15, 0.2) is 29.3 Å². The van der Waals surface area contributed by atoms with E-state index in [1.807, 2.05) is 6.07 Å². The van der Waals surface area contributed by atoms with Crippen LogP contribution in [-0.2, 0) is 11.2 Å². The number of aromatic nitrogens is 3. The average molecular weight is 399 g/mol. The van der Waals surface area contributed by atoms with Crippen LogP contribution in [0.4, 0.5) is 8.78 Å². The van der Waals surface area contributed by atoms with Crippen molar-refractivity contribution in [3.05, 3.63) is 69.0 Å². The fourth-order valence-corrected chi connectivity index (χ4v) is 3.05. The van der Waals surface area contributed by atoms with Crippen LogP contribution >= 0.6 is 0 Å². The van der Waals surface area contributed by atoms with Gasteiger partial charge in [-0.05, 0) is 18.6 Å². The second kappa shape index (κ2) is 8.12. The number of halogens is 2. The number of pyridine rings is 3. The average Bonchev–Trinajstić information content (AvgIpc) is 2.69. The topological polar surface area (TPSA) is 132 Å². The number of fused-ring (bicyclic) bond motifs is 1. The molecule has 0 aliphatic rings. The molecule has 1 atom stereocenters.